The molecular formula is C31H36N4O2. The number of allylic oxidation sites excluding steroid dienone is 1. The van der Waals surface area contributed by atoms with Crippen LogP contribution >= 0.6 is 0 Å². The van der Waals surface area contributed by atoms with E-state index in [1.165, 1.54) is 16.7 Å². The molecule has 3 heterocycles. The van der Waals surface area contributed by atoms with E-state index in [1.807, 2.05) is 4.90 Å². The first-order valence-corrected chi connectivity index (χ1v) is 14.1. The Morgan fingerprint density at radius 3 is 2.24 bits per heavy atom. The monoisotopic (exact) mass is 496 g/mol. The van der Waals surface area contributed by atoms with Gasteiger partial charge in [-0.15, -0.1) is 0 Å². The van der Waals surface area contributed by atoms with E-state index in [9.17, 15) is 9.59 Å². The van der Waals surface area contributed by atoms with E-state index in [0.29, 0.717) is 17.7 Å². The van der Waals surface area contributed by atoms with Crippen LogP contribution in [0.15, 0.2) is 60.8 Å². The molecule has 1 spiro atoms. The van der Waals surface area contributed by atoms with Crippen molar-refractivity contribution in [2.45, 2.75) is 56.1 Å². The smallest absolute Gasteiger partial charge is 0.244 e. The highest BCUT2D eigenvalue weighted by molar-refractivity contribution is 5.92. The zero-order valence-electron chi connectivity index (χ0n) is 21.4. The number of carbonyl (C=O) groups is 2. The molecule has 2 aliphatic carbocycles. The molecule has 2 aromatic carbocycles. The fourth-order valence-corrected chi connectivity index (χ4v) is 6.44. The van der Waals surface area contributed by atoms with Gasteiger partial charge in [-0.2, -0.15) is 0 Å². The predicted octanol–water partition coefficient (Wildman–Crippen LogP) is 4.17. The lowest BCUT2D eigenvalue weighted by atomic mass is 9.92. The van der Waals surface area contributed by atoms with Gasteiger partial charge in [0.1, 0.15) is 11.7 Å². The number of benzene rings is 2. The molecule has 2 aromatic rings. The van der Waals surface area contributed by atoms with E-state index in [4.69, 9.17) is 0 Å². The van der Waals surface area contributed by atoms with Gasteiger partial charge in [0.2, 0.25) is 11.8 Å². The van der Waals surface area contributed by atoms with E-state index < -0.39 is 0 Å². The van der Waals surface area contributed by atoms with Crippen molar-refractivity contribution in [3.05, 3.63) is 71.9 Å². The van der Waals surface area contributed by atoms with Crippen LogP contribution in [0.3, 0.4) is 0 Å². The van der Waals surface area contributed by atoms with Gasteiger partial charge in [-0.1, -0.05) is 54.6 Å². The van der Waals surface area contributed by atoms with Gasteiger partial charge in [0.25, 0.3) is 0 Å². The molecule has 3 atom stereocenters. The van der Waals surface area contributed by atoms with E-state index in [2.05, 4.69) is 76.3 Å². The van der Waals surface area contributed by atoms with E-state index in [1.54, 1.807) is 0 Å². The summed E-state index contributed by atoms with van der Waals surface area (Å²) >= 11 is 0. The molecular weight excluding hydrogens is 460 g/mol. The first-order valence-electron chi connectivity index (χ1n) is 14.1. The molecule has 2 unspecified atom stereocenters. The number of hydrogen-bond acceptors (Lipinski definition) is 4. The zero-order valence-corrected chi connectivity index (χ0v) is 21.4. The Morgan fingerprint density at radius 2 is 1.62 bits per heavy atom. The Balaban J connectivity index is 1.06. The lowest BCUT2D eigenvalue weighted by molar-refractivity contribution is -0.131. The van der Waals surface area contributed by atoms with E-state index in [-0.39, 0.29) is 23.5 Å². The van der Waals surface area contributed by atoms with Crippen LogP contribution in [-0.4, -0.2) is 53.3 Å². The Labute approximate surface area is 219 Å². The van der Waals surface area contributed by atoms with Gasteiger partial charge in [-0.3, -0.25) is 14.9 Å². The molecule has 0 bridgehead atoms. The van der Waals surface area contributed by atoms with Gasteiger partial charge >= 0.3 is 0 Å². The first kappa shape index (κ1) is 23.0. The molecule has 37 heavy (non-hydrogen) atoms. The molecule has 7 rings (SSSR count). The lowest BCUT2D eigenvalue weighted by Gasteiger charge is -2.27. The van der Waals surface area contributed by atoms with E-state index >= 15 is 0 Å². The second kappa shape index (κ2) is 9.02. The molecule has 0 radical (unpaired) electrons. The van der Waals surface area contributed by atoms with Crippen molar-refractivity contribution in [2.75, 3.05) is 26.2 Å². The summed E-state index contributed by atoms with van der Waals surface area (Å²) in [4.78, 5) is 30.1. The van der Waals surface area contributed by atoms with Crippen LogP contribution in [0, 0.1) is 11.8 Å². The minimum atomic E-state index is -0.357. The summed E-state index contributed by atoms with van der Waals surface area (Å²) in [5.74, 6) is 1.70. The Kier molecular flexibility index (Phi) is 5.61. The summed E-state index contributed by atoms with van der Waals surface area (Å²) < 4.78 is 0. The van der Waals surface area contributed by atoms with Crippen LogP contribution < -0.4 is 10.6 Å². The SMILES string of the molecule is O=C(C1CC1)N1CC[C@@H](CN2C(=O)C3(CC3)NC2c2ccc(-c3ccc(C4C=CNCC4)cc3)cc2)C1. The average molecular weight is 497 g/mol. The van der Waals surface area contributed by atoms with Crippen molar-refractivity contribution in [3.8, 4) is 11.1 Å². The number of amides is 2. The fraction of sp³-hybridized carbons (Fsp3) is 0.484. The molecule has 192 valence electrons. The maximum Gasteiger partial charge on any atom is 0.244 e. The summed E-state index contributed by atoms with van der Waals surface area (Å²) in [5.41, 5.74) is 4.55. The van der Waals surface area contributed by atoms with Crippen LogP contribution in [0.2, 0.25) is 0 Å². The van der Waals surface area contributed by atoms with Gasteiger partial charge in [0.15, 0.2) is 0 Å². The number of likely N-dealkylation sites (tertiary alicyclic amines) is 1. The van der Waals surface area contributed by atoms with Crippen molar-refractivity contribution in [1.29, 1.82) is 0 Å². The summed E-state index contributed by atoms with van der Waals surface area (Å²) in [7, 11) is 0. The van der Waals surface area contributed by atoms with Crippen molar-refractivity contribution in [3.63, 3.8) is 0 Å². The maximum absolute atomic E-state index is 13.4. The minimum absolute atomic E-state index is 0.0914. The third-order valence-electron chi connectivity index (χ3n) is 9.07. The normalized spacial score (nSPS) is 28.1. The van der Waals surface area contributed by atoms with Crippen molar-refractivity contribution >= 4 is 11.8 Å². The average Bonchev–Trinajstić information content (AvgIpc) is 3.87. The van der Waals surface area contributed by atoms with Crippen LogP contribution in [0.1, 0.15) is 61.7 Å². The van der Waals surface area contributed by atoms with Gasteiger partial charge < -0.3 is 15.1 Å². The Morgan fingerprint density at radius 1 is 0.919 bits per heavy atom. The lowest BCUT2D eigenvalue weighted by Crippen LogP contribution is -2.37. The summed E-state index contributed by atoms with van der Waals surface area (Å²) in [5, 5.41) is 6.95. The highest BCUT2D eigenvalue weighted by Gasteiger charge is 2.59. The molecule has 2 N–H and O–H groups in total. The van der Waals surface area contributed by atoms with Crippen LogP contribution in [0.25, 0.3) is 11.1 Å². The summed E-state index contributed by atoms with van der Waals surface area (Å²) in [6.45, 7) is 3.38. The predicted molar refractivity (Wildman–Crippen MR) is 143 cm³/mol. The Hall–Kier alpha value is -3.12. The number of nitrogens with one attached hydrogen (secondary N) is 2. The third kappa shape index (κ3) is 4.35. The number of hydrogen-bond donors (Lipinski definition) is 2. The summed E-state index contributed by atoms with van der Waals surface area (Å²) in [6, 6.07) is 17.7. The molecule has 0 aromatic heterocycles. The van der Waals surface area contributed by atoms with E-state index in [0.717, 1.165) is 70.3 Å². The van der Waals surface area contributed by atoms with Gasteiger partial charge in [-0.05, 0) is 72.9 Å². The zero-order chi connectivity index (χ0) is 25.0. The van der Waals surface area contributed by atoms with Gasteiger partial charge in [0, 0.05) is 38.0 Å². The Bertz CT molecular complexity index is 1210. The highest BCUT2D eigenvalue weighted by atomic mass is 16.2. The molecule has 3 aliphatic heterocycles. The second-order valence-corrected chi connectivity index (χ2v) is 11.8. The van der Waals surface area contributed by atoms with Crippen molar-refractivity contribution in [1.82, 2.24) is 20.4 Å². The fourth-order valence-electron chi connectivity index (χ4n) is 6.44. The molecule has 2 saturated carbocycles. The van der Waals surface area contributed by atoms with Gasteiger partial charge in [-0.25, -0.2) is 0 Å². The van der Waals surface area contributed by atoms with Crippen molar-refractivity contribution < 1.29 is 9.59 Å². The largest absolute Gasteiger partial charge is 0.391 e. The first-order chi connectivity index (χ1) is 18.1. The van der Waals surface area contributed by atoms with Crippen LogP contribution in [0.5, 0.6) is 0 Å². The number of carbonyl (C=O) groups excluding carboxylic acids is 2. The third-order valence-corrected chi connectivity index (χ3v) is 9.07. The highest BCUT2D eigenvalue weighted by Crippen LogP contribution is 2.46. The number of nitrogens with zero attached hydrogens (tertiary/aromatic N) is 2. The molecule has 6 nitrogen and oxygen atoms in total. The maximum atomic E-state index is 13.4. The number of rotatable bonds is 6. The van der Waals surface area contributed by atoms with Gasteiger partial charge in [0.05, 0.1) is 0 Å². The standard InChI is InChI=1S/C31H36N4O2/c36-29(27-9-10-27)34-18-13-21(19-34)20-35-28(33-31(14-15-31)30(35)37)26-7-5-23(6-8-26)22-1-3-24(4-2-22)25-11-16-32-17-12-25/h1-8,11,16,21,25,27-28,32-33H,9-10,12-15,17-20H2/t21-,25?,28?/m1/s1. The minimum Gasteiger partial charge on any atom is -0.391 e. The molecule has 2 amide bonds. The van der Waals surface area contributed by atoms with Crippen LogP contribution in [-0.2, 0) is 9.59 Å². The molecule has 5 aliphatic rings. The van der Waals surface area contributed by atoms with Crippen LogP contribution in [0.4, 0.5) is 0 Å². The van der Waals surface area contributed by atoms with Crippen molar-refractivity contribution in [2.24, 2.45) is 11.8 Å². The molecule has 6 heteroatoms. The summed E-state index contributed by atoms with van der Waals surface area (Å²) in [6.07, 6.45) is 10.3. The molecule has 4 fully saturated rings. The quantitative estimate of drug-likeness (QED) is 0.630. The second-order valence-electron chi connectivity index (χ2n) is 11.8. The molecule has 2 saturated heterocycles. The topological polar surface area (TPSA) is 64.7 Å².